The van der Waals surface area contributed by atoms with Crippen molar-refractivity contribution in [2.75, 3.05) is 0 Å². The van der Waals surface area contributed by atoms with Crippen LogP contribution in [0.4, 0.5) is 0 Å². The Bertz CT molecular complexity index is 1570. The van der Waals surface area contributed by atoms with Crippen LogP contribution in [0.5, 0.6) is 0 Å². The van der Waals surface area contributed by atoms with Crippen LogP contribution < -0.4 is 10.9 Å². The largest absolute Gasteiger partial charge is 0.348 e. The molecule has 1 aliphatic rings. The molecule has 2 N–H and O–H groups in total. The van der Waals surface area contributed by atoms with Crippen LogP contribution in [-0.2, 0) is 13.0 Å². The molecule has 0 radical (unpaired) electrons. The third-order valence-corrected chi connectivity index (χ3v) is 8.66. The van der Waals surface area contributed by atoms with Crippen molar-refractivity contribution in [3.8, 4) is 11.1 Å². The molecular weight excluding hydrogens is 494 g/mol. The molecule has 1 aliphatic carbocycles. The second-order valence-electron chi connectivity index (χ2n) is 11.9. The Morgan fingerprint density at radius 2 is 1.77 bits per heavy atom. The van der Waals surface area contributed by atoms with Gasteiger partial charge in [0.25, 0.3) is 11.5 Å². The maximum atomic E-state index is 13.7. The van der Waals surface area contributed by atoms with Gasteiger partial charge in [-0.05, 0) is 98.9 Å². The molecule has 2 heterocycles. The lowest BCUT2D eigenvalue weighted by atomic mass is 9.83. The molecule has 1 fully saturated rings. The number of hydrogen-bond donors (Lipinski definition) is 2. The minimum Gasteiger partial charge on any atom is -0.348 e. The lowest BCUT2D eigenvalue weighted by Crippen LogP contribution is -2.29. The van der Waals surface area contributed by atoms with Crippen LogP contribution in [-0.4, -0.2) is 15.5 Å². The second kappa shape index (κ2) is 11.9. The molecule has 5 nitrogen and oxygen atoms in total. The Hall–Kier alpha value is -3.60. The maximum absolute atomic E-state index is 13.7. The number of pyridine rings is 1. The third kappa shape index (κ3) is 5.52. The van der Waals surface area contributed by atoms with Gasteiger partial charge < -0.3 is 14.9 Å². The van der Waals surface area contributed by atoms with Crippen LogP contribution in [0.3, 0.4) is 0 Å². The monoisotopic (exact) mass is 537 g/mol. The maximum Gasteiger partial charge on any atom is 0.253 e. The highest BCUT2D eigenvalue weighted by molar-refractivity contribution is 6.06. The number of H-pyrrole nitrogens is 1. The van der Waals surface area contributed by atoms with Gasteiger partial charge in [-0.25, -0.2) is 0 Å². The highest BCUT2D eigenvalue weighted by atomic mass is 16.1. The van der Waals surface area contributed by atoms with Crippen molar-refractivity contribution in [3.63, 3.8) is 0 Å². The predicted molar refractivity (Wildman–Crippen MR) is 165 cm³/mol. The standard InChI is InChI=1S/C35H43N3O2/c1-6-10-28-19-23(4)37-35(40)32(28)21-36-34(39)30-20-31(29-17-18-38(22(2)3)33(29)24(30)5)27-15-13-26(14-16-27)25-11-8-7-9-12-25/h13-20,22,25H,6-12,21H2,1-5H3,(H,36,39)(H,37,40). The summed E-state index contributed by atoms with van der Waals surface area (Å²) in [4.78, 5) is 29.4. The fraction of sp³-hybridized carbons (Fsp3) is 0.429. The van der Waals surface area contributed by atoms with E-state index in [1.165, 1.54) is 37.7 Å². The molecule has 2 aromatic carbocycles. The van der Waals surface area contributed by atoms with Crippen molar-refractivity contribution in [2.24, 2.45) is 0 Å². The highest BCUT2D eigenvalue weighted by Gasteiger charge is 2.21. The number of aryl methyl sites for hydroxylation is 3. The van der Waals surface area contributed by atoms with Gasteiger partial charge in [-0.15, -0.1) is 0 Å². The first kappa shape index (κ1) is 27.9. The second-order valence-corrected chi connectivity index (χ2v) is 11.9. The fourth-order valence-electron chi connectivity index (χ4n) is 6.53. The van der Waals surface area contributed by atoms with Gasteiger partial charge in [0.15, 0.2) is 0 Å². The van der Waals surface area contributed by atoms with Gasteiger partial charge in [0.1, 0.15) is 0 Å². The molecule has 0 saturated heterocycles. The molecule has 0 bridgehead atoms. The van der Waals surface area contributed by atoms with Gasteiger partial charge in [0.2, 0.25) is 0 Å². The van der Waals surface area contributed by atoms with Crippen molar-refractivity contribution in [3.05, 3.63) is 92.5 Å². The number of aromatic nitrogens is 2. The number of amides is 1. The molecule has 5 rings (SSSR count). The topological polar surface area (TPSA) is 66.9 Å². The fourth-order valence-corrected chi connectivity index (χ4v) is 6.53. The minimum atomic E-state index is -0.154. The van der Waals surface area contributed by atoms with Crippen molar-refractivity contribution in [2.45, 2.75) is 98.1 Å². The van der Waals surface area contributed by atoms with Gasteiger partial charge in [-0.2, -0.15) is 0 Å². The zero-order valence-electron chi connectivity index (χ0n) is 24.7. The van der Waals surface area contributed by atoms with Crippen molar-refractivity contribution in [1.29, 1.82) is 0 Å². The number of benzene rings is 2. The summed E-state index contributed by atoms with van der Waals surface area (Å²) in [5, 5.41) is 4.24. The molecule has 5 heteroatoms. The first-order valence-corrected chi connectivity index (χ1v) is 15.0. The van der Waals surface area contributed by atoms with Gasteiger partial charge in [-0.3, -0.25) is 9.59 Å². The van der Waals surface area contributed by atoms with Crippen LogP contribution in [0.1, 0.15) is 110 Å². The van der Waals surface area contributed by atoms with E-state index in [0.29, 0.717) is 17.0 Å². The van der Waals surface area contributed by atoms with E-state index in [1.54, 1.807) is 0 Å². The summed E-state index contributed by atoms with van der Waals surface area (Å²) >= 11 is 0. The zero-order valence-corrected chi connectivity index (χ0v) is 24.7. The predicted octanol–water partition coefficient (Wildman–Crippen LogP) is 8.12. The number of nitrogens with one attached hydrogen (secondary N) is 2. The molecule has 2 aromatic heterocycles. The van der Waals surface area contributed by atoms with Crippen LogP contribution >= 0.6 is 0 Å². The molecule has 0 atom stereocenters. The highest BCUT2D eigenvalue weighted by Crippen LogP contribution is 2.37. The van der Waals surface area contributed by atoms with Crippen molar-refractivity contribution < 1.29 is 4.79 Å². The summed E-state index contributed by atoms with van der Waals surface area (Å²) in [5.41, 5.74) is 8.69. The number of carbonyl (C=O) groups is 1. The summed E-state index contributed by atoms with van der Waals surface area (Å²) in [5.74, 6) is 0.505. The Morgan fingerprint density at radius 1 is 1.05 bits per heavy atom. The van der Waals surface area contributed by atoms with E-state index in [1.807, 2.05) is 26.0 Å². The van der Waals surface area contributed by atoms with Crippen molar-refractivity contribution >= 4 is 16.8 Å². The van der Waals surface area contributed by atoms with Gasteiger partial charge in [0.05, 0.1) is 5.52 Å². The molecule has 1 saturated carbocycles. The number of fused-ring (bicyclic) bond motifs is 1. The molecular formula is C35H43N3O2. The van der Waals surface area contributed by atoms with Crippen molar-refractivity contribution in [1.82, 2.24) is 14.9 Å². The third-order valence-electron chi connectivity index (χ3n) is 8.66. The van der Waals surface area contributed by atoms with Gasteiger partial charge >= 0.3 is 0 Å². The molecule has 0 aliphatic heterocycles. The zero-order chi connectivity index (χ0) is 28.4. The van der Waals surface area contributed by atoms with E-state index >= 15 is 0 Å². The summed E-state index contributed by atoms with van der Waals surface area (Å²) < 4.78 is 2.26. The average Bonchev–Trinajstić information content (AvgIpc) is 3.40. The van der Waals surface area contributed by atoms with Crippen LogP contribution in [0, 0.1) is 13.8 Å². The number of hydrogen-bond acceptors (Lipinski definition) is 2. The minimum absolute atomic E-state index is 0.122. The molecule has 4 aromatic rings. The summed E-state index contributed by atoms with van der Waals surface area (Å²) in [7, 11) is 0. The van der Waals surface area contributed by atoms with E-state index in [2.05, 4.69) is 72.2 Å². The lowest BCUT2D eigenvalue weighted by Gasteiger charge is -2.22. The summed E-state index contributed by atoms with van der Waals surface area (Å²) in [6.45, 7) is 10.6. The number of nitrogens with zero attached hydrogens (tertiary/aromatic N) is 1. The molecule has 1 amide bonds. The van der Waals surface area contributed by atoms with Crippen LogP contribution in [0.2, 0.25) is 0 Å². The first-order valence-electron chi connectivity index (χ1n) is 15.0. The van der Waals surface area contributed by atoms with Crippen LogP contribution in [0.25, 0.3) is 22.0 Å². The Kier molecular flexibility index (Phi) is 8.30. The number of aromatic amines is 1. The van der Waals surface area contributed by atoms with Gasteiger partial charge in [-0.1, -0.05) is 56.9 Å². The average molecular weight is 538 g/mol. The lowest BCUT2D eigenvalue weighted by molar-refractivity contribution is 0.0950. The van der Waals surface area contributed by atoms with E-state index < -0.39 is 0 Å². The number of carbonyl (C=O) groups excluding carboxylic acids is 1. The quantitative estimate of drug-likeness (QED) is 0.238. The van der Waals surface area contributed by atoms with E-state index in [-0.39, 0.29) is 24.1 Å². The van der Waals surface area contributed by atoms with E-state index in [9.17, 15) is 9.59 Å². The summed E-state index contributed by atoms with van der Waals surface area (Å²) in [6, 6.07) is 15.5. The molecule has 0 unspecified atom stereocenters. The smallest absolute Gasteiger partial charge is 0.253 e. The first-order chi connectivity index (χ1) is 19.3. The van der Waals surface area contributed by atoms with E-state index in [4.69, 9.17) is 0 Å². The summed E-state index contributed by atoms with van der Waals surface area (Å²) in [6.07, 6.45) is 10.4. The Morgan fingerprint density at radius 3 is 2.45 bits per heavy atom. The van der Waals surface area contributed by atoms with Crippen LogP contribution in [0.15, 0.2) is 53.5 Å². The Labute approximate surface area is 238 Å². The molecule has 40 heavy (non-hydrogen) atoms. The van der Waals surface area contributed by atoms with Gasteiger partial charge in [0, 0.05) is 41.0 Å². The Balaban J connectivity index is 1.52. The number of rotatable bonds is 8. The van der Waals surface area contributed by atoms with E-state index in [0.717, 1.165) is 51.7 Å². The normalized spacial score (nSPS) is 14.2. The molecule has 210 valence electrons. The molecule has 0 spiro atoms. The SMILES string of the molecule is CCCc1cc(C)[nH]c(=O)c1CNC(=O)c1cc(-c2ccc(C3CCCCC3)cc2)c2ccn(C(C)C)c2c1C.